The largest absolute Gasteiger partial charge is 0.573 e. The first-order chi connectivity index (χ1) is 20.0. The second-order valence-electron chi connectivity index (χ2n) is 7.89. The van der Waals surface area contributed by atoms with Gasteiger partial charge < -0.3 is 44.3 Å². The summed E-state index contributed by atoms with van der Waals surface area (Å²) >= 11 is 5.96. The van der Waals surface area contributed by atoms with Crippen molar-refractivity contribution in [2.24, 2.45) is 0 Å². The van der Waals surface area contributed by atoms with Crippen molar-refractivity contribution < 1.29 is 74.9 Å². The first kappa shape index (κ1) is 33.0. The quantitative estimate of drug-likeness (QED) is 0.140. The molecule has 19 heteroatoms. The van der Waals surface area contributed by atoms with Gasteiger partial charge in [-0.25, -0.2) is 18.6 Å². The number of nitrogens with one attached hydrogen (secondary N) is 1. The number of ether oxygens (including phenoxy) is 5. The van der Waals surface area contributed by atoms with Crippen molar-refractivity contribution >= 4 is 29.2 Å². The number of pyridine rings is 1. The van der Waals surface area contributed by atoms with Gasteiger partial charge in [0.25, 0.3) is 12.3 Å². The molecule has 0 fully saturated rings. The van der Waals surface area contributed by atoms with Gasteiger partial charge in [-0.05, 0) is 24.3 Å². The maximum Gasteiger partial charge on any atom is 0.573 e. The topological polar surface area (TPSA) is 166 Å². The zero-order chi connectivity index (χ0) is 32.3. The van der Waals surface area contributed by atoms with E-state index >= 15 is 0 Å². The summed E-state index contributed by atoms with van der Waals surface area (Å²) in [6.07, 6.45) is -11.9. The molecule has 43 heavy (non-hydrogen) atoms. The Hall–Kier alpha value is -4.52. The number of carbonyl (C=O) groups excluding carboxylic acids is 2. The van der Waals surface area contributed by atoms with Gasteiger partial charge in [0.05, 0.1) is 24.8 Å². The summed E-state index contributed by atoms with van der Waals surface area (Å²) in [5.74, 6) is -10.2. The molecule has 0 saturated carbocycles. The number of rotatable bonds is 10. The highest BCUT2D eigenvalue weighted by Crippen LogP contribution is 2.47. The number of esters is 1. The molecule has 2 aromatic carbocycles. The van der Waals surface area contributed by atoms with Gasteiger partial charge in [0.1, 0.15) is 22.8 Å². The van der Waals surface area contributed by atoms with Crippen LogP contribution >= 0.6 is 11.6 Å². The van der Waals surface area contributed by atoms with E-state index in [-0.39, 0.29) is 11.4 Å². The Balaban J connectivity index is 2.21. The predicted molar refractivity (Wildman–Crippen MR) is 130 cm³/mol. The number of carbonyl (C=O) groups is 2. The molecule has 0 bridgehead atoms. The molecule has 232 valence electrons. The minimum absolute atomic E-state index is 0.128. The molecule has 3 aromatic rings. The highest BCUT2D eigenvalue weighted by Gasteiger charge is 2.36. The van der Waals surface area contributed by atoms with E-state index in [1.54, 1.807) is 0 Å². The molecule has 1 aromatic heterocycles. The summed E-state index contributed by atoms with van der Waals surface area (Å²) in [7, 11) is 1.93. The lowest BCUT2D eigenvalue weighted by Gasteiger charge is -2.22. The average molecular weight is 643 g/mol. The van der Waals surface area contributed by atoms with Crippen LogP contribution in [0.15, 0.2) is 36.5 Å². The number of aromatic nitrogens is 1. The van der Waals surface area contributed by atoms with Crippen LogP contribution in [0.2, 0.25) is 5.02 Å². The number of benzene rings is 2. The number of alkyl halides is 5. The third-order valence-corrected chi connectivity index (χ3v) is 5.32. The normalized spacial score (nSPS) is 11.7. The zero-order valence-corrected chi connectivity index (χ0v) is 22.1. The lowest BCUT2D eigenvalue weighted by molar-refractivity contribution is -0.420. The standard InChI is InChI=1S/C24H17ClF6N2O10/c1-39-19-15(20(27)28)10(25)8-14(16(19)21(34)33-9-5-6-32-11(7-9)22(35)40-2)41-13-4-3-12(42-23(29,30)31)17(26)18(13)43-24(36,37)38/h3-8,20,36-38H,1-2H3,(H,32,33,34). The molecule has 1 amide bonds. The minimum atomic E-state index is -5.44. The van der Waals surface area contributed by atoms with Crippen molar-refractivity contribution in [3.8, 4) is 28.7 Å². The van der Waals surface area contributed by atoms with Gasteiger partial charge >= 0.3 is 18.5 Å². The third kappa shape index (κ3) is 8.07. The summed E-state index contributed by atoms with van der Waals surface area (Å²) in [5, 5.41) is 29.1. The van der Waals surface area contributed by atoms with E-state index in [0.717, 1.165) is 26.5 Å². The number of nitrogens with zero attached hydrogens (tertiary/aromatic N) is 1. The number of methoxy groups -OCH3 is 2. The highest BCUT2D eigenvalue weighted by atomic mass is 35.5. The van der Waals surface area contributed by atoms with E-state index in [9.17, 15) is 51.3 Å². The van der Waals surface area contributed by atoms with Crippen molar-refractivity contribution in [3.63, 3.8) is 0 Å². The Morgan fingerprint density at radius 1 is 0.977 bits per heavy atom. The number of anilines is 1. The maximum absolute atomic E-state index is 14.9. The van der Waals surface area contributed by atoms with Crippen LogP contribution in [0.4, 0.5) is 32.0 Å². The Kier molecular flexibility index (Phi) is 9.80. The number of aliphatic hydroxyl groups is 3. The van der Waals surface area contributed by atoms with Gasteiger partial charge in [0.2, 0.25) is 11.6 Å². The predicted octanol–water partition coefficient (Wildman–Crippen LogP) is 4.52. The van der Waals surface area contributed by atoms with Crippen molar-refractivity contribution in [1.82, 2.24) is 4.98 Å². The zero-order valence-electron chi connectivity index (χ0n) is 21.3. The smallest absolute Gasteiger partial charge is 0.495 e. The molecule has 0 saturated heterocycles. The van der Waals surface area contributed by atoms with Gasteiger partial charge in [-0.2, -0.15) is 4.39 Å². The van der Waals surface area contributed by atoms with Crippen LogP contribution in [0.25, 0.3) is 0 Å². The lowest BCUT2D eigenvalue weighted by Crippen LogP contribution is -2.35. The molecule has 12 nitrogen and oxygen atoms in total. The molecular formula is C24H17ClF6N2O10. The van der Waals surface area contributed by atoms with Crippen LogP contribution < -0.4 is 24.3 Å². The van der Waals surface area contributed by atoms with Crippen molar-refractivity contribution in [1.29, 1.82) is 0 Å². The first-order valence-corrected chi connectivity index (χ1v) is 11.5. The number of halogens is 7. The second kappa shape index (κ2) is 12.8. The fraction of sp³-hybridized carbons (Fsp3) is 0.208. The first-order valence-electron chi connectivity index (χ1n) is 11.1. The monoisotopic (exact) mass is 642 g/mol. The van der Waals surface area contributed by atoms with E-state index in [0.29, 0.717) is 18.2 Å². The Bertz CT molecular complexity index is 1530. The summed E-state index contributed by atoms with van der Waals surface area (Å²) in [4.78, 5) is 28.9. The van der Waals surface area contributed by atoms with Crippen LogP contribution in [0.5, 0.6) is 28.7 Å². The molecule has 0 atom stereocenters. The molecule has 0 unspecified atom stereocenters. The molecule has 0 radical (unpaired) electrons. The van der Waals surface area contributed by atoms with Crippen LogP contribution in [0.3, 0.4) is 0 Å². The molecule has 0 aliphatic carbocycles. The van der Waals surface area contributed by atoms with Gasteiger partial charge in [-0.3, -0.25) is 4.79 Å². The summed E-state index contributed by atoms with van der Waals surface area (Å²) in [6.45, 7) is 0. The molecular weight excluding hydrogens is 626 g/mol. The van der Waals surface area contributed by atoms with Crippen molar-refractivity contribution in [3.05, 3.63) is 64.2 Å². The maximum atomic E-state index is 14.9. The molecule has 4 N–H and O–H groups in total. The SMILES string of the molecule is COC(=O)c1cc(NC(=O)c2c(Oc3ccc(OC(F)(F)F)c(F)c3OC(O)(O)O)cc(Cl)c(C(F)F)c2OC)ccn1. The van der Waals surface area contributed by atoms with Crippen LogP contribution in [0, 0.1) is 5.82 Å². The van der Waals surface area contributed by atoms with Crippen molar-refractivity contribution in [2.45, 2.75) is 18.9 Å². The average Bonchev–Trinajstić information content (AvgIpc) is 2.89. The van der Waals surface area contributed by atoms with E-state index in [1.807, 2.05) is 0 Å². The Morgan fingerprint density at radius 3 is 2.19 bits per heavy atom. The minimum Gasteiger partial charge on any atom is -0.495 e. The van der Waals surface area contributed by atoms with E-state index < -0.39 is 81.5 Å². The third-order valence-electron chi connectivity index (χ3n) is 5.01. The van der Waals surface area contributed by atoms with Gasteiger partial charge in [0, 0.05) is 18.0 Å². The Labute approximate surface area is 240 Å². The fourth-order valence-corrected chi connectivity index (χ4v) is 3.67. The lowest BCUT2D eigenvalue weighted by atomic mass is 10.1. The molecule has 0 spiro atoms. The van der Waals surface area contributed by atoms with Gasteiger partial charge in [-0.15, -0.1) is 13.2 Å². The number of amides is 1. The van der Waals surface area contributed by atoms with E-state index in [2.05, 4.69) is 24.5 Å². The molecule has 1 heterocycles. The van der Waals surface area contributed by atoms with Crippen molar-refractivity contribution in [2.75, 3.05) is 19.5 Å². The summed E-state index contributed by atoms with van der Waals surface area (Å²) < 4.78 is 103. The molecule has 3 rings (SSSR count). The van der Waals surface area contributed by atoms with Crippen LogP contribution in [0.1, 0.15) is 32.8 Å². The van der Waals surface area contributed by atoms with Crippen LogP contribution in [-0.4, -0.2) is 58.9 Å². The van der Waals surface area contributed by atoms with Crippen LogP contribution in [-0.2, 0) is 4.74 Å². The molecule has 0 aliphatic heterocycles. The number of hydrogen-bond acceptors (Lipinski definition) is 11. The fourth-order valence-electron chi connectivity index (χ4n) is 3.40. The van der Waals surface area contributed by atoms with E-state index in [4.69, 9.17) is 21.1 Å². The number of hydrogen-bond donors (Lipinski definition) is 4. The molecule has 0 aliphatic rings. The summed E-state index contributed by atoms with van der Waals surface area (Å²) in [6, 6.07) is 3.71. The summed E-state index contributed by atoms with van der Waals surface area (Å²) in [5.41, 5.74) is -2.27. The van der Waals surface area contributed by atoms with Gasteiger partial charge in [0.15, 0.2) is 11.5 Å². The highest BCUT2D eigenvalue weighted by molar-refractivity contribution is 6.32. The van der Waals surface area contributed by atoms with E-state index in [1.165, 1.54) is 6.07 Å². The van der Waals surface area contributed by atoms with Gasteiger partial charge in [-0.1, -0.05) is 11.6 Å². The second-order valence-corrected chi connectivity index (χ2v) is 8.29. The Morgan fingerprint density at radius 2 is 1.63 bits per heavy atom.